The molecule has 2 aromatic rings. The van der Waals surface area contributed by atoms with Gasteiger partial charge in [0.1, 0.15) is 11.3 Å². The minimum absolute atomic E-state index is 0.197. The van der Waals surface area contributed by atoms with E-state index in [4.69, 9.17) is 27.9 Å². The van der Waals surface area contributed by atoms with E-state index in [-0.39, 0.29) is 12.2 Å². The van der Waals surface area contributed by atoms with Crippen molar-refractivity contribution in [1.82, 2.24) is 10.6 Å². The number of halogens is 2. The van der Waals surface area contributed by atoms with Crippen LogP contribution in [0.25, 0.3) is 6.08 Å². The molecule has 2 aromatic carbocycles. The highest BCUT2D eigenvalue weighted by atomic mass is 35.5. The number of rotatable bonds is 5. The number of amides is 5. The number of ether oxygens (including phenoxy) is 1. The van der Waals surface area contributed by atoms with Gasteiger partial charge in [0, 0.05) is 5.02 Å². The molecule has 1 heterocycles. The van der Waals surface area contributed by atoms with Gasteiger partial charge in [-0.1, -0.05) is 35.3 Å². The van der Waals surface area contributed by atoms with E-state index in [1.54, 1.807) is 36.4 Å². The molecule has 0 aromatic heterocycles. The summed E-state index contributed by atoms with van der Waals surface area (Å²) in [6.07, 6.45) is 1.33. The second-order valence-electron chi connectivity index (χ2n) is 5.83. The Morgan fingerprint density at radius 2 is 1.66 bits per heavy atom. The molecule has 3 rings (SSSR count). The number of nitrogens with one attached hydrogen (secondary N) is 3. The lowest BCUT2D eigenvalue weighted by Gasteiger charge is -2.14. The van der Waals surface area contributed by atoms with Gasteiger partial charge in [0.25, 0.3) is 17.7 Å². The fourth-order valence-corrected chi connectivity index (χ4v) is 2.82. The van der Waals surface area contributed by atoms with E-state index in [2.05, 4.69) is 5.32 Å². The quantitative estimate of drug-likeness (QED) is 0.495. The van der Waals surface area contributed by atoms with Gasteiger partial charge < -0.3 is 10.1 Å². The number of benzene rings is 2. The summed E-state index contributed by atoms with van der Waals surface area (Å²) in [5, 5.41) is 7.34. The van der Waals surface area contributed by atoms with Crippen molar-refractivity contribution in [2.75, 3.05) is 11.9 Å². The minimum Gasteiger partial charge on any atom is -0.484 e. The minimum atomic E-state index is -0.862. The summed E-state index contributed by atoms with van der Waals surface area (Å²) in [7, 11) is 0. The zero-order valence-electron chi connectivity index (χ0n) is 14.6. The highest BCUT2D eigenvalue weighted by Gasteiger charge is 2.27. The molecule has 1 aliphatic rings. The third kappa shape index (κ3) is 5.34. The van der Waals surface area contributed by atoms with Crippen molar-refractivity contribution in [3.8, 4) is 5.75 Å². The summed E-state index contributed by atoms with van der Waals surface area (Å²) >= 11 is 11.8. The first-order chi connectivity index (χ1) is 13.8. The van der Waals surface area contributed by atoms with Crippen LogP contribution < -0.4 is 20.7 Å². The van der Waals surface area contributed by atoms with E-state index < -0.39 is 23.8 Å². The van der Waals surface area contributed by atoms with E-state index in [1.807, 2.05) is 10.6 Å². The molecular weight excluding hydrogens is 421 g/mol. The Labute approximate surface area is 174 Å². The number of imide groups is 2. The second-order valence-corrected chi connectivity index (χ2v) is 6.67. The van der Waals surface area contributed by atoms with Crippen LogP contribution in [0.5, 0.6) is 5.75 Å². The third-order valence-corrected chi connectivity index (χ3v) is 4.26. The van der Waals surface area contributed by atoms with E-state index in [1.165, 1.54) is 12.1 Å². The lowest BCUT2D eigenvalue weighted by molar-refractivity contribution is -0.124. The van der Waals surface area contributed by atoms with Crippen molar-refractivity contribution in [2.24, 2.45) is 0 Å². The average Bonchev–Trinajstić information content (AvgIpc) is 2.66. The van der Waals surface area contributed by atoms with Crippen LogP contribution in [-0.4, -0.2) is 30.4 Å². The molecule has 29 heavy (non-hydrogen) atoms. The maximum atomic E-state index is 12.0. The first kappa shape index (κ1) is 20.4. The van der Waals surface area contributed by atoms with E-state index in [0.717, 1.165) is 0 Å². The number of carbonyl (C=O) groups is 4. The summed E-state index contributed by atoms with van der Waals surface area (Å²) in [6.45, 7) is -0.258. The topological polar surface area (TPSA) is 114 Å². The van der Waals surface area contributed by atoms with Crippen LogP contribution >= 0.6 is 23.2 Å². The number of barbiturate groups is 1. The van der Waals surface area contributed by atoms with Gasteiger partial charge in [0.15, 0.2) is 6.61 Å². The normalized spacial score (nSPS) is 13.4. The number of carbonyl (C=O) groups excluding carboxylic acids is 4. The van der Waals surface area contributed by atoms with E-state index in [0.29, 0.717) is 27.0 Å². The summed E-state index contributed by atoms with van der Waals surface area (Å²) in [6, 6.07) is 10.1. The molecule has 0 unspecified atom stereocenters. The van der Waals surface area contributed by atoms with Gasteiger partial charge in [-0.15, -0.1) is 0 Å². The lowest BCUT2D eigenvalue weighted by atomic mass is 10.1. The molecule has 8 nitrogen and oxygen atoms in total. The Balaban J connectivity index is 1.58. The van der Waals surface area contributed by atoms with Crippen LogP contribution in [0.4, 0.5) is 10.5 Å². The zero-order chi connectivity index (χ0) is 21.0. The van der Waals surface area contributed by atoms with Gasteiger partial charge in [0.05, 0.1) is 10.7 Å². The molecule has 1 saturated heterocycles. The first-order valence-corrected chi connectivity index (χ1v) is 8.93. The van der Waals surface area contributed by atoms with Gasteiger partial charge in [-0.25, -0.2) is 4.79 Å². The van der Waals surface area contributed by atoms with Crippen LogP contribution in [0.15, 0.2) is 48.0 Å². The Morgan fingerprint density at radius 3 is 2.28 bits per heavy atom. The molecule has 0 bridgehead atoms. The Bertz CT molecular complexity index is 1010. The fourth-order valence-electron chi connectivity index (χ4n) is 2.36. The predicted octanol–water partition coefficient (Wildman–Crippen LogP) is 2.76. The molecule has 3 N–H and O–H groups in total. The van der Waals surface area contributed by atoms with E-state index in [9.17, 15) is 19.2 Å². The monoisotopic (exact) mass is 433 g/mol. The predicted molar refractivity (Wildman–Crippen MR) is 107 cm³/mol. The zero-order valence-corrected chi connectivity index (χ0v) is 16.1. The number of hydrogen-bond donors (Lipinski definition) is 3. The maximum Gasteiger partial charge on any atom is 0.328 e. The molecule has 10 heteroatoms. The van der Waals surface area contributed by atoms with Crippen molar-refractivity contribution >= 4 is 58.7 Å². The van der Waals surface area contributed by atoms with Gasteiger partial charge in [-0.3, -0.25) is 25.0 Å². The highest BCUT2D eigenvalue weighted by molar-refractivity contribution is 6.36. The smallest absolute Gasteiger partial charge is 0.328 e. The summed E-state index contributed by atoms with van der Waals surface area (Å²) in [5.41, 5.74) is 0.746. The van der Waals surface area contributed by atoms with Crippen molar-refractivity contribution in [1.29, 1.82) is 0 Å². The number of urea groups is 1. The summed E-state index contributed by atoms with van der Waals surface area (Å²) < 4.78 is 5.40. The molecule has 0 spiro atoms. The first-order valence-electron chi connectivity index (χ1n) is 8.18. The van der Waals surface area contributed by atoms with Crippen LogP contribution in [0, 0.1) is 0 Å². The van der Waals surface area contributed by atoms with Crippen LogP contribution in [0.2, 0.25) is 10.0 Å². The van der Waals surface area contributed by atoms with Gasteiger partial charge >= 0.3 is 6.03 Å². The Morgan fingerprint density at radius 1 is 1.00 bits per heavy atom. The highest BCUT2D eigenvalue weighted by Crippen LogP contribution is 2.25. The molecule has 0 atom stereocenters. The average molecular weight is 434 g/mol. The van der Waals surface area contributed by atoms with Crippen molar-refractivity contribution in [3.63, 3.8) is 0 Å². The lowest BCUT2D eigenvalue weighted by Crippen LogP contribution is -2.51. The van der Waals surface area contributed by atoms with Crippen LogP contribution in [-0.2, 0) is 14.4 Å². The van der Waals surface area contributed by atoms with Crippen LogP contribution in [0.3, 0.4) is 0 Å². The SMILES string of the molecule is O=C(COc1ccc(C=C2C(=O)NC(=O)NC2=O)cc1)Nc1ccc(Cl)cc1Cl. The van der Waals surface area contributed by atoms with Crippen molar-refractivity contribution in [2.45, 2.75) is 0 Å². The molecule has 0 radical (unpaired) electrons. The molecular formula is C19H13Cl2N3O5. The third-order valence-electron chi connectivity index (χ3n) is 3.71. The van der Waals surface area contributed by atoms with Crippen molar-refractivity contribution < 1.29 is 23.9 Å². The maximum absolute atomic E-state index is 12.0. The number of hydrogen-bond acceptors (Lipinski definition) is 5. The summed E-state index contributed by atoms with van der Waals surface area (Å²) in [5.74, 6) is -1.58. The molecule has 0 saturated carbocycles. The second kappa shape index (κ2) is 8.76. The molecule has 1 aliphatic heterocycles. The molecule has 0 aliphatic carbocycles. The van der Waals surface area contributed by atoms with Gasteiger partial charge in [-0.05, 0) is 42.0 Å². The van der Waals surface area contributed by atoms with Crippen molar-refractivity contribution in [3.05, 3.63) is 63.6 Å². The van der Waals surface area contributed by atoms with Gasteiger partial charge in [-0.2, -0.15) is 0 Å². The van der Waals surface area contributed by atoms with E-state index >= 15 is 0 Å². The molecule has 148 valence electrons. The Kier molecular flexibility index (Phi) is 6.16. The fraction of sp³-hybridized carbons (Fsp3) is 0.0526. The Hall–Kier alpha value is -3.36. The summed E-state index contributed by atoms with van der Waals surface area (Å²) in [4.78, 5) is 46.5. The molecule has 1 fully saturated rings. The standard InChI is InChI=1S/C19H13Cl2N3O5/c20-11-3-6-15(14(21)8-11)22-16(25)9-29-12-4-1-10(2-5-12)7-13-17(26)23-19(28)24-18(13)27/h1-8H,9H2,(H,22,25)(H2,23,24,26,27,28). The van der Waals surface area contributed by atoms with Gasteiger partial charge in [0.2, 0.25) is 0 Å². The largest absolute Gasteiger partial charge is 0.484 e. The van der Waals surface area contributed by atoms with Crippen LogP contribution in [0.1, 0.15) is 5.56 Å². The number of anilines is 1. The molecule has 5 amide bonds.